The van der Waals surface area contributed by atoms with Crippen LogP contribution in [0.1, 0.15) is 0 Å². The zero-order valence-electron chi connectivity index (χ0n) is 10.1. The molecule has 0 aliphatic heterocycles. The van der Waals surface area contributed by atoms with Crippen molar-refractivity contribution in [2.75, 3.05) is 24.7 Å². The number of carboxylic acids is 1. The number of nitrogens with one attached hydrogen (secondary N) is 1. The minimum atomic E-state index is -0.852. The molecular formula is C12H14BrNO4S. The van der Waals surface area contributed by atoms with Gasteiger partial charge in [-0.1, -0.05) is 22.0 Å². The molecule has 0 saturated heterocycles. The Morgan fingerprint density at radius 3 is 2.89 bits per heavy atom. The smallest absolute Gasteiger partial charge is 0.313 e. The number of thioether (sulfide) groups is 1. The van der Waals surface area contributed by atoms with Crippen LogP contribution in [0, 0.1) is 0 Å². The van der Waals surface area contributed by atoms with Gasteiger partial charge in [-0.2, -0.15) is 0 Å². The molecule has 1 rings (SSSR count). The first-order valence-electron chi connectivity index (χ1n) is 5.52. The lowest BCUT2D eigenvalue weighted by molar-refractivity contribution is -0.133. The average Bonchev–Trinajstić information content (AvgIpc) is 2.35. The summed E-state index contributed by atoms with van der Waals surface area (Å²) in [4.78, 5) is 21.7. The van der Waals surface area contributed by atoms with Crippen molar-refractivity contribution >= 4 is 39.6 Å². The molecule has 0 unspecified atom stereocenters. The van der Waals surface area contributed by atoms with Crippen LogP contribution < -0.4 is 10.1 Å². The SMILES string of the molecule is O=C(O)CSCCNC(=O)COc1cccc(Br)c1. The number of carbonyl (C=O) groups is 2. The quantitative estimate of drug-likeness (QED) is 0.701. The van der Waals surface area contributed by atoms with Gasteiger partial charge in [0.1, 0.15) is 5.75 Å². The third-order valence-corrected chi connectivity index (χ3v) is 3.40. The first-order chi connectivity index (χ1) is 9.08. The Morgan fingerprint density at radius 2 is 2.21 bits per heavy atom. The highest BCUT2D eigenvalue weighted by Gasteiger charge is 2.03. The number of hydrogen-bond donors (Lipinski definition) is 2. The fourth-order valence-electron chi connectivity index (χ4n) is 1.18. The summed E-state index contributed by atoms with van der Waals surface area (Å²) in [6.07, 6.45) is 0. The van der Waals surface area contributed by atoms with Gasteiger partial charge in [0, 0.05) is 16.8 Å². The summed E-state index contributed by atoms with van der Waals surface area (Å²) in [5.41, 5.74) is 0. The van der Waals surface area contributed by atoms with Crippen LogP contribution in [0.5, 0.6) is 5.75 Å². The summed E-state index contributed by atoms with van der Waals surface area (Å²) < 4.78 is 6.19. The fraction of sp³-hybridized carbons (Fsp3) is 0.333. The van der Waals surface area contributed by atoms with E-state index in [1.807, 2.05) is 12.1 Å². The number of halogens is 1. The summed E-state index contributed by atoms with van der Waals surface area (Å²) >= 11 is 4.57. The Balaban J connectivity index is 2.13. The Hall–Kier alpha value is -1.21. The van der Waals surface area contributed by atoms with Crippen molar-refractivity contribution in [3.63, 3.8) is 0 Å². The van der Waals surface area contributed by atoms with Crippen LogP contribution in [-0.2, 0) is 9.59 Å². The number of ether oxygens (including phenoxy) is 1. The van der Waals surface area contributed by atoms with E-state index in [9.17, 15) is 9.59 Å². The van der Waals surface area contributed by atoms with Gasteiger partial charge in [-0.15, -0.1) is 11.8 Å². The van der Waals surface area contributed by atoms with Crippen molar-refractivity contribution in [1.82, 2.24) is 5.32 Å². The molecule has 0 bridgehead atoms. The van der Waals surface area contributed by atoms with Gasteiger partial charge >= 0.3 is 5.97 Å². The molecule has 0 aliphatic carbocycles. The molecular weight excluding hydrogens is 334 g/mol. The van der Waals surface area contributed by atoms with Gasteiger partial charge < -0.3 is 15.2 Å². The summed E-state index contributed by atoms with van der Waals surface area (Å²) in [6.45, 7) is 0.374. The molecule has 0 radical (unpaired) electrons. The first-order valence-corrected chi connectivity index (χ1v) is 7.47. The van der Waals surface area contributed by atoms with E-state index in [-0.39, 0.29) is 18.3 Å². The minimum Gasteiger partial charge on any atom is -0.484 e. The highest BCUT2D eigenvalue weighted by molar-refractivity contribution is 9.10. The monoisotopic (exact) mass is 347 g/mol. The van der Waals surface area contributed by atoms with Crippen molar-refractivity contribution in [3.8, 4) is 5.75 Å². The molecule has 0 aliphatic rings. The van der Waals surface area contributed by atoms with E-state index in [0.29, 0.717) is 18.0 Å². The topological polar surface area (TPSA) is 75.6 Å². The molecule has 0 saturated carbocycles. The molecule has 0 fully saturated rings. The third-order valence-electron chi connectivity index (χ3n) is 1.96. The highest BCUT2D eigenvalue weighted by Crippen LogP contribution is 2.17. The lowest BCUT2D eigenvalue weighted by Gasteiger charge is -2.07. The number of rotatable bonds is 8. The molecule has 2 N–H and O–H groups in total. The fourth-order valence-corrected chi connectivity index (χ4v) is 2.12. The van der Waals surface area contributed by atoms with E-state index in [4.69, 9.17) is 9.84 Å². The zero-order chi connectivity index (χ0) is 14.1. The molecule has 19 heavy (non-hydrogen) atoms. The Bertz CT molecular complexity index is 441. The van der Waals surface area contributed by atoms with Gasteiger partial charge in [0.15, 0.2) is 6.61 Å². The van der Waals surface area contributed by atoms with Crippen LogP contribution in [0.4, 0.5) is 0 Å². The minimum absolute atomic E-state index is 0.0460. The lowest BCUT2D eigenvalue weighted by Crippen LogP contribution is -2.30. The molecule has 1 amide bonds. The third kappa shape index (κ3) is 7.74. The van der Waals surface area contributed by atoms with Gasteiger partial charge in [0.05, 0.1) is 5.75 Å². The number of benzene rings is 1. The number of carboxylic acid groups (broad SMARTS) is 1. The Morgan fingerprint density at radius 1 is 1.42 bits per heavy atom. The number of hydrogen-bond acceptors (Lipinski definition) is 4. The van der Waals surface area contributed by atoms with E-state index in [1.54, 1.807) is 12.1 Å². The predicted octanol–water partition coefficient (Wildman–Crippen LogP) is 1.76. The predicted molar refractivity (Wildman–Crippen MR) is 77.6 cm³/mol. The van der Waals surface area contributed by atoms with Gasteiger partial charge in [-0.3, -0.25) is 9.59 Å². The molecule has 0 heterocycles. The second kappa shape index (κ2) is 8.82. The maximum Gasteiger partial charge on any atom is 0.313 e. The second-order valence-electron chi connectivity index (χ2n) is 3.54. The molecule has 0 atom stereocenters. The second-order valence-corrected chi connectivity index (χ2v) is 5.56. The van der Waals surface area contributed by atoms with Crippen molar-refractivity contribution in [3.05, 3.63) is 28.7 Å². The summed E-state index contributed by atoms with van der Waals surface area (Å²) in [5, 5.41) is 11.1. The van der Waals surface area contributed by atoms with Crippen LogP contribution in [0.15, 0.2) is 28.7 Å². The van der Waals surface area contributed by atoms with Crippen LogP contribution in [0.2, 0.25) is 0 Å². The van der Waals surface area contributed by atoms with Crippen molar-refractivity contribution < 1.29 is 19.4 Å². The molecule has 1 aromatic rings. The summed E-state index contributed by atoms with van der Waals surface area (Å²) in [6, 6.07) is 7.23. The van der Waals surface area contributed by atoms with Crippen LogP contribution >= 0.6 is 27.7 Å². The molecule has 0 spiro atoms. The molecule has 7 heteroatoms. The van der Waals surface area contributed by atoms with Crippen LogP contribution in [0.3, 0.4) is 0 Å². The average molecular weight is 348 g/mol. The molecule has 5 nitrogen and oxygen atoms in total. The Labute approximate surface area is 123 Å². The van der Waals surface area contributed by atoms with E-state index in [1.165, 1.54) is 11.8 Å². The van der Waals surface area contributed by atoms with Gasteiger partial charge in [-0.05, 0) is 18.2 Å². The molecule has 1 aromatic carbocycles. The highest BCUT2D eigenvalue weighted by atomic mass is 79.9. The van der Waals surface area contributed by atoms with E-state index >= 15 is 0 Å². The lowest BCUT2D eigenvalue weighted by atomic mass is 10.3. The normalized spacial score (nSPS) is 9.95. The largest absolute Gasteiger partial charge is 0.484 e. The van der Waals surface area contributed by atoms with E-state index < -0.39 is 5.97 Å². The summed E-state index contributed by atoms with van der Waals surface area (Å²) in [5.74, 6) is 0.147. The van der Waals surface area contributed by atoms with E-state index in [2.05, 4.69) is 21.2 Å². The van der Waals surface area contributed by atoms with E-state index in [0.717, 1.165) is 4.47 Å². The molecule has 104 valence electrons. The summed E-state index contributed by atoms with van der Waals surface area (Å²) in [7, 11) is 0. The maximum absolute atomic E-state index is 11.4. The Kier molecular flexibility index (Phi) is 7.35. The van der Waals surface area contributed by atoms with Crippen LogP contribution in [0.25, 0.3) is 0 Å². The standard InChI is InChI=1S/C12H14BrNO4S/c13-9-2-1-3-10(6-9)18-7-11(15)14-4-5-19-8-12(16)17/h1-3,6H,4-5,7-8H2,(H,14,15)(H,16,17). The van der Waals surface area contributed by atoms with Gasteiger partial charge in [0.25, 0.3) is 5.91 Å². The number of amides is 1. The van der Waals surface area contributed by atoms with Crippen molar-refractivity contribution in [2.24, 2.45) is 0 Å². The maximum atomic E-state index is 11.4. The number of aliphatic carboxylic acids is 1. The first kappa shape index (κ1) is 15.8. The number of carbonyl (C=O) groups excluding carboxylic acids is 1. The van der Waals surface area contributed by atoms with Crippen LogP contribution in [-0.4, -0.2) is 41.6 Å². The van der Waals surface area contributed by atoms with Crippen molar-refractivity contribution in [1.29, 1.82) is 0 Å². The zero-order valence-corrected chi connectivity index (χ0v) is 12.5. The van der Waals surface area contributed by atoms with Gasteiger partial charge in [0.2, 0.25) is 0 Å². The van der Waals surface area contributed by atoms with Crippen molar-refractivity contribution in [2.45, 2.75) is 0 Å². The molecule has 0 aromatic heterocycles. The van der Waals surface area contributed by atoms with Gasteiger partial charge in [-0.25, -0.2) is 0 Å².